The Bertz CT molecular complexity index is 498. The standard InChI is InChI=1S/C17H24N2O/c1-12-16(7-4-10-18-12)19-17(20)15-9-8-13-5-2-3-6-14(13)11-15/h8-9,11-12,16,18H,2-7,10H2,1H3,(H,19,20). The summed E-state index contributed by atoms with van der Waals surface area (Å²) in [5.41, 5.74) is 3.63. The number of fused-ring (bicyclic) bond motifs is 1. The van der Waals surface area contributed by atoms with Gasteiger partial charge >= 0.3 is 0 Å². The van der Waals surface area contributed by atoms with Gasteiger partial charge in [0, 0.05) is 17.6 Å². The number of amides is 1. The molecule has 2 unspecified atom stereocenters. The Balaban J connectivity index is 1.70. The van der Waals surface area contributed by atoms with Gasteiger partial charge in [0.25, 0.3) is 5.91 Å². The summed E-state index contributed by atoms with van der Waals surface area (Å²) in [7, 11) is 0. The van der Waals surface area contributed by atoms with Gasteiger partial charge in [0.1, 0.15) is 0 Å². The van der Waals surface area contributed by atoms with Crippen LogP contribution in [0.3, 0.4) is 0 Å². The van der Waals surface area contributed by atoms with E-state index in [9.17, 15) is 4.79 Å². The molecule has 1 amide bonds. The molecule has 2 N–H and O–H groups in total. The molecule has 20 heavy (non-hydrogen) atoms. The Morgan fingerprint density at radius 1 is 1.20 bits per heavy atom. The van der Waals surface area contributed by atoms with Crippen LogP contribution in [0.15, 0.2) is 18.2 Å². The molecule has 1 aliphatic carbocycles. The van der Waals surface area contributed by atoms with E-state index in [1.165, 1.54) is 30.4 Å². The van der Waals surface area contributed by atoms with E-state index in [2.05, 4.69) is 29.7 Å². The summed E-state index contributed by atoms with van der Waals surface area (Å²) < 4.78 is 0. The van der Waals surface area contributed by atoms with Gasteiger partial charge in [-0.2, -0.15) is 0 Å². The van der Waals surface area contributed by atoms with Gasteiger partial charge in [0.15, 0.2) is 0 Å². The molecule has 3 nitrogen and oxygen atoms in total. The molecule has 1 saturated heterocycles. The van der Waals surface area contributed by atoms with Crippen LogP contribution in [0.4, 0.5) is 0 Å². The minimum Gasteiger partial charge on any atom is -0.348 e. The first-order valence-corrected chi connectivity index (χ1v) is 7.90. The van der Waals surface area contributed by atoms with E-state index in [-0.39, 0.29) is 11.9 Å². The molecule has 0 spiro atoms. The van der Waals surface area contributed by atoms with Crippen molar-refractivity contribution in [2.45, 2.75) is 57.5 Å². The lowest BCUT2D eigenvalue weighted by Gasteiger charge is -2.30. The SMILES string of the molecule is CC1NCCCC1NC(=O)c1ccc2c(c1)CCCC2. The van der Waals surface area contributed by atoms with E-state index in [0.29, 0.717) is 6.04 Å². The molecular weight excluding hydrogens is 248 g/mol. The zero-order valence-corrected chi connectivity index (χ0v) is 12.2. The first kappa shape index (κ1) is 13.6. The van der Waals surface area contributed by atoms with Crippen LogP contribution in [0.1, 0.15) is 54.1 Å². The summed E-state index contributed by atoms with van der Waals surface area (Å²) in [5, 5.41) is 6.61. The number of piperidine rings is 1. The molecule has 108 valence electrons. The maximum absolute atomic E-state index is 12.4. The van der Waals surface area contributed by atoms with Crippen LogP contribution in [-0.2, 0) is 12.8 Å². The van der Waals surface area contributed by atoms with Crippen molar-refractivity contribution in [1.82, 2.24) is 10.6 Å². The second-order valence-corrected chi connectivity index (χ2v) is 6.16. The van der Waals surface area contributed by atoms with Gasteiger partial charge in [-0.3, -0.25) is 4.79 Å². The summed E-state index contributed by atoms with van der Waals surface area (Å²) in [6.07, 6.45) is 7.04. The molecule has 0 saturated carbocycles. The second-order valence-electron chi connectivity index (χ2n) is 6.16. The Morgan fingerprint density at radius 2 is 2.00 bits per heavy atom. The van der Waals surface area contributed by atoms with Crippen LogP contribution < -0.4 is 10.6 Å². The average Bonchev–Trinajstić information content (AvgIpc) is 2.49. The number of benzene rings is 1. The monoisotopic (exact) mass is 272 g/mol. The Kier molecular flexibility index (Phi) is 4.06. The van der Waals surface area contributed by atoms with Crippen molar-refractivity contribution in [3.63, 3.8) is 0 Å². The van der Waals surface area contributed by atoms with Crippen LogP contribution in [0.5, 0.6) is 0 Å². The third-order valence-corrected chi connectivity index (χ3v) is 4.69. The molecule has 1 heterocycles. The van der Waals surface area contributed by atoms with E-state index in [1.54, 1.807) is 0 Å². The van der Waals surface area contributed by atoms with Gasteiger partial charge in [-0.1, -0.05) is 6.07 Å². The van der Waals surface area contributed by atoms with Crippen molar-refractivity contribution in [1.29, 1.82) is 0 Å². The molecule has 2 aliphatic rings. The molecule has 0 aromatic heterocycles. The topological polar surface area (TPSA) is 41.1 Å². The van der Waals surface area contributed by atoms with Crippen LogP contribution >= 0.6 is 0 Å². The molecule has 1 aromatic rings. The fourth-order valence-electron chi connectivity index (χ4n) is 3.37. The fourth-order valence-corrected chi connectivity index (χ4v) is 3.37. The lowest BCUT2D eigenvalue weighted by atomic mass is 9.90. The predicted octanol–water partition coefficient (Wildman–Crippen LogP) is 2.44. The van der Waals surface area contributed by atoms with Crippen LogP contribution in [0.2, 0.25) is 0 Å². The summed E-state index contributed by atoms with van der Waals surface area (Å²) >= 11 is 0. The average molecular weight is 272 g/mol. The van der Waals surface area contributed by atoms with Gasteiger partial charge in [-0.05, 0) is 75.3 Å². The van der Waals surface area contributed by atoms with E-state index in [4.69, 9.17) is 0 Å². The predicted molar refractivity (Wildman–Crippen MR) is 81.0 cm³/mol. The smallest absolute Gasteiger partial charge is 0.251 e. The van der Waals surface area contributed by atoms with Crippen molar-refractivity contribution >= 4 is 5.91 Å². The number of nitrogens with one attached hydrogen (secondary N) is 2. The molecule has 1 aromatic carbocycles. The zero-order valence-electron chi connectivity index (χ0n) is 12.2. The highest BCUT2D eigenvalue weighted by molar-refractivity contribution is 5.94. The molecule has 3 heteroatoms. The Labute approximate surface area is 121 Å². The summed E-state index contributed by atoms with van der Waals surface area (Å²) in [6.45, 7) is 3.21. The molecule has 1 fully saturated rings. The largest absolute Gasteiger partial charge is 0.348 e. The van der Waals surface area contributed by atoms with Gasteiger partial charge in [-0.15, -0.1) is 0 Å². The number of rotatable bonds is 2. The lowest BCUT2D eigenvalue weighted by Crippen LogP contribution is -2.51. The highest BCUT2D eigenvalue weighted by Gasteiger charge is 2.23. The number of hydrogen-bond donors (Lipinski definition) is 2. The highest BCUT2D eigenvalue weighted by atomic mass is 16.1. The number of hydrogen-bond acceptors (Lipinski definition) is 2. The zero-order chi connectivity index (χ0) is 13.9. The molecular formula is C17H24N2O. The first-order chi connectivity index (χ1) is 9.74. The van der Waals surface area contributed by atoms with Crippen LogP contribution in [-0.4, -0.2) is 24.5 Å². The molecule has 0 bridgehead atoms. The fraction of sp³-hybridized carbons (Fsp3) is 0.588. The highest BCUT2D eigenvalue weighted by Crippen LogP contribution is 2.22. The Hall–Kier alpha value is -1.35. The second kappa shape index (κ2) is 5.96. The van der Waals surface area contributed by atoms with E-state index < -0.39 is 0 Å². The third-order valence-electron chi connectivity index (χ3n) is 4.69. The molecule has 1 aliphatic heterocycles. The maximum Gasteiger partial charge on any atom is 0.251 e. The van der Waals surface area contributed by atoms with Gasteiger partial charge in [0.05, 0.1) is 0 Å². The lowest BCUT2D eigenvalue weighted by molar-refractivity contribution is 0.0919. The van der Waals surface area contributed by atoms with Crippen molar-refractivity contribution in [2.24, 2.45) is 0 Å². The normalized spacial score (nSPS) is 25.9. The molecule has 2 atom stereocenters. The Morgan fingerprint density at radius 3 is 2.80 bits per heavy atom. The van der Waals surface area contributed by atoms with Crippen molar-refractivity contribution < 1.29 is 4.79 Å². The maximum atomic E-state index is 12.4. The van der Waals surface area contributed by atoms with Gasteiger partial charge in [0.2, 0.25) is 0 Å². The third kappa shape index (κ3) is 2.88. The van der Waals surface area contributed by atoms with Crippen molar-refractivity contribution in [3.8, 4) is 0 Å². The van der Waals surface area contributed by atoms with E-state index in [1.807, 2.05) is 6.07 Å². The van der Waals surface area contributed by atoms with Gasteiger partial charge < -0.3 is 10.6 Å². The van der Waals surface area contributed by atoms with Gasteiger partial charge in [-0.25, -0.2) is 0 Å². The van der Waals surface area contributed by atoms with Crippen molar-refractivity contribution in [2.75, 3.05) is 6.54 Å². The molecule has 3 rings (SSSR count). The summed E-state index contributed by atoms with van der Waals surface area (Å²) in [4.78, 5) is 12.4. The van der Waals surface area contributed by atoms with E-state index >= 15 is 0 Å². The summed E-state index contributed by atoms with van der Waals surface area (Å²) in [5.74, 6) is 0.0823. The number of carbonyl (C=O) groups is 1. The molecule has 0 radical (unpaired) electrons. The van der Waals surface area contributed by atoms with Crippen molar-refractivity contribution in [3.05, 3.63) is 34.9 Å². The van der Waals surface area contributed by atoms with Crippen LogP contribution in [0, 0.1) is 0 Å². The van der Waals surface area contributed by atoms with E-state index in [0.717, 1.165) is 31.4 Å². The van der Waals surface area contributed by atoms with Crippen LogP contribution in [0.25, 0.3) is 0 Å². The minimum absolute atomic E-state index is 0.0823. The number of carbonyl (C=O) groups excluding carboxylic acids is 1. The summed E-state index contributed by atoms with van der Waals surface area (Å²) in [6, 6.07) is 6.86. The number of aryl methyl sites for hydroxylation is 2. The minimum atomic E-state index is 0.0823. The first-order valence-electron chi connectivity index (χ1n) is 7.90. The quantitative estimate of drug-likeness (QED) is 0.868.